The number of halogens is 2. The number of nitrogens with zero attached hydrogens (tertiary/aromatic N) is 2. The minimum atomic E-state index is 0.248. The molecule has 5 nitrogen and oxygen atoms in total. The lowest BCUT2D eigenvalue weighted by molar-refractivity contribution is 0.109. The summed E-state index contributed by atoms with van der Waals surface area (Å²) in [5.41, 5.74) is 0.880. The lowest BCUT2D eigenvalue weighted by Crippen LogP contribution is -1.79. The molecule has 8 heteroatoms. The standard InChI is InChI=1S/C13H7BrClN3O2S/c14-10-5-9(6-19)20-12(10)21-13-16-11(17-18-13)7-1-3-8(15)4-2-7/h1-6H,(H,16,17,18). The third-order valence-electron chi connectivity index (χ3n) is 2.56. The Bertz CT molecular complexity index is 785. The molecule has 0 aliphatic rings. The van der Waals surface area contributed by atoms with Crippen molar-refractivity contribution in [1.29, 1.82) is 0 Å². The zero-order valence-corrected chi connectivity index (χ0v) is 13.5. The van der Waals surface area contributed by atoms with E-state index in [4.69, 9.17) is 16.0 Å². The molecule has 0 spiro atoms. The Balaban J connectivity index is 1.83. The van der Waals surface area contributed by atoms with E-state index in [-0.39, 0.29) is 5.76 Å². The topological polar surface area (TPSA) is 71.8 Å². The maximum absolute atomic E-state index is 10.7. The van der Waals surface area contributed by atoms with E-state index in [1.54, 1.807) is 18.2 Å². The van der Waals surface area contributed by atoms with E-state index in [0.29, 0.717) is 31.9 Å². The quantitative estimate of drug-likeness (QED) is 0.673. The first kappa shape index (κ1) is 14.4. The van der Waals surface area contributed by atoms with Crippen molar-refractivity contribution in [2.45, 2.75) is 10.2 Å². The molecule has 0 bridgehead atoms. The van der Waals surface area contributed by atoms with Crippen LogP contribution in [0.25, 0.3) is 11.4 Å². The van der Waals surface area contributed by atoms with Gasteiger partial charge in [0.1, 0.15) is 0 Å². The first-order chi connectivity index (χ1) is 10.2. The molecule has 2 heterocycles. The summed E-state index contributed by atoms with van der Waals surface area (Å²) in [7, 11) is 0. The second kappa shape index (κ2) is 6.05. The number of H-pyrrole nitrogens is 1. The van der Waals surface area contributed by atoms with Gasteiger partial charge in [-0.05, 0) is 52.0 Å². The lowest BCUT2D eigenvalue weighted by Gasteiger charge is -1.95. The molecule has 106 valence electrons. The summed E-state index contributed by atoms with van der Waals surface area (Å²) in [5, 5.41) is 8.64. The fourth-order valence-corrected chi connectivity index (χ4v) is 2.97. The van der Waals surface area contributed by atoms with Gasteiger partial charge >= 0.3 is 0 Å². The molecule has 21 heavy (non-hydrogen) atoms. The molecule has 0 fully saturated rings. The smallest absolute Gasteiger partial charge is 0.216 e. The van der Waals surface area contributed by atoms with Crippen LogP contribution in [0.1, 0.15) is 10.6 Å². The normalized spacial score (nSPS) is 10.8. The second-order valence-corrected chi connectivity index (χ2v) is 6.21. The molecule has 0 saturated heterocycles. The van der Waals surface area contributed by atoms with Crippen molar-refractivity contribution >= 4 is 45.6 Å². The molecule has 0 aliphatic heterocycles. The van der Waals surface area contributed by atoms with Gasteiger partial charge in [0.05, 0.1) is 4.47 Å². The molecule has 3 aromatic rings. The molecule has 2 aromatic heterocycles. The molecule has 1 N–H and O–H groups in total. The average molecular weight is 385 g/mol. The second-order valence-electron chi connectivity index (χ2n) is 3.98. The van der Waals surface area contributed by atoms with Crippen molar-refractivity contribution in [2.75, 3.05) is 0 Å². The highest BCUT2D eigenvalue weighted by molar-refractivity contribution is 9.10. The van der Waals surface area contributed by atoms with E-state index < -0.39 is 0 Å². The highest BCUT2D eigenvalue weighted by Gasteiger charge is 2.14. The number of aromatic nitrogens is 3. The Labute approximate surface area is 137 Å². The van der Waals surface area contributed by atoms with Gasteiger partial charge in [0, 0.05) is 16.7 Å². The number of rotatable bonds is 4. The number of aldehydes is 1. The predicted molar refractivity (Wildman–Crippen MR) is 82.7 cm³/mol. The van der Waals surface area contributed by atoms with E-state index in [1.165, 1.54) is 11.8 Å². The summed E-state index contributed by atoms with van der Waals surface area (Å²) in [6.45, 7) is 0. The molecular formula is C13H7BrClN3O2S. The van der Waals surface area contributed by atoms with Crippen molar-refractivity contribution < 1.29 is 9.21 Å². The first-order valence-corrected chi connectivity index (χ1v) is 7.75. The van der Waals surface area contributed by atoms with Crippen LogP contribution in [0.2, 0.25) is 5.02 Å². The molecule has 0 unspecified atom stereocenters. The van der Waals surface area contributed by atoms with Gasteiger partial charge in [-0.1, -0.05) is 11.6 Å². The highest BCUT2D eigenvalue weighted by atomic mass is 79.9. The molecular weight excluding hydrogens is 378 g/mol. The molecule has 1 aromatic carbocycles. The number of aromatic amines is 1. The Morgan fingerprint density at radius 1 is 1.33 bits per heavy atom. The van der Waals surface area contributed by atoms with Crippen molar-refractivity contribution in [3.8, 4) is 11.4 Å². The van der Waals surface area contributed by atoms with Crippen molar-refractivity contribution in [2.24, 2.45) is 0 Å². The molecule has 0 amide bonds. The third kappa shape index (κ3) is 3.20. The maximum Gasteiger partial charge on any atom is 0.216 e. The number of carbonyl (C=O) groups is 1. The summed E-state index contributed by atoms with van der Waals surface area (Å²) in [6.07, 6.45) is 0.645. The van der Waals surface area contributed by atoms with E-state index in [1.807, 2.05) is 12.1 Å². The van der Waals surface area contributed by atoms with Crippen molar-refractivity contribution in [1.82, 2.24) is 15.2 Å². The first-order valence-electron chi connectivity index (χ1n) is 5.76. The highest BCUT2D eigenvalue weighted by Crippen LogP contribution is 2.34. The van der Waals surface area contributed by atoms with Crippen molar-refractivity contribution in [3.05, 3.63) is 45.6 Å². The van der Waals surface area contributed by atoms with Crippen LogP contribution < -0.4 is 0 Å². The molecule has 0 atom stereocenters. The van der Waals surface area contributed by atoms with Gasteiger partial charge in [0.25, 0.3) is 0 Å². The SMILES string of the molecule is O=Cc1cc(Br)c(Sc2n[nH]c(-c3ccc(Cl)cc3)n2)o1. The van der Waals surface area contributed by atoms with Crippen LogP contribution in [0.5, 0.6) is 0 Å². The zero-order valence-electron chi connectivity index (χ0n) is 10.3. The fraction of sp³-hybridized carbons (Fsp3) is 0. The van der Waals surface area contributed by atoms with E-state index in [0.717, 1.165) is 5.56 Å². The van der Waals surface area contributed by atoms with Crippen LogP contribution in [-0.2, 0) is 0 Å². The minimum Gasteiger partial charge on any atom is -0.445 e. The average Bonchev–Trinajstić information content (AvgIpc) is 3.08. The number of hydrogen-bond donors (Lipinski definition) is 1. The van der Waals surface area contributed by atoms with Crippen molar-refractivity contribution in [3.63, 3.8) is 0 Å². The monoisotopic (exact) mass is 383 g/mol. The lowest BCUT2D eigenvalue weighted by atomic mass is 10.2. The Morgan fingerprint density at radius 2 is 2.10 bits per heavy atom. The summed E-state index contributed by atoms with van der Waals surface area (Å²) in [5.74, 6) is 0.880. The largest absolute Gasteiger partial charge is 0.445 e. The van der Waals surface area contributed by atoms with E-state index in [9.17, 15) is 4.79 Å². The Hall–Kier alpha value is -1.57. The number of nitrogens with one attached hydrogen (secondary N) is 1. The van der Waals surface area contributed by atoms with E-state index >= 15 is 0 Å². The van der Waals surface area contributed by atoms with Gasteiger partial charge in [-0.2, -0.15) is 0 Å². The summed E-state index contributed by atoms with van der Waals surface area (Å²) in [4.78, 5) is 15.0. The van der Waals surface area contributed by atoms with Gasteiger partial charge in [0.15, 0.2) is 23.0 Å². The predicted octanol–water partition coefficient (Wildman–Crippen LogP) is 4.44. The van der Waals surface area contributed by atoms with E-state index in [2.05, 4.69) is 31.1 Å². The summed E-state index contributed by atoms with van der Waals surface area (Å²) >= 11 is 10.4. The number of carbonyl (C=O) groups excluding carboxylic acids is 1. The van der Waals surface area contributed by atoms with Gasteiger partial charge in [-0.15, -0.1) is 5.10 Å². The Kier molecular flexibility index (Phi) is 4.14. The summed E-state index contributed by atoms with van der Waals surface area (Å²) < 4.78 is 6.02. The van der Waals surface area contributed by atoms with Crippen LogP contribution in [0.3, 0.4) is 0 Å². The molecule has 0 saturated carbocycles. The van der Waals surface area contributed by atoms with Gasteiger partial charge in [0.2, 0.25) is 5.16 Å². The van der Waals surface area contributed by atoms with Gasteiger partial charge in [-0.3, -0.25) is 9.89 Å². The fourth-order valence-electron chi connectivity index (χ4n) is 1.61. The number of hydrogen-bond acceptors (Lipinski definition) is 5. The van der Waals surface area contributed by atoms with Crippen LogP contribution in [0.15, 0.2) is 49.5 Å². The third-order valence-corrected chi connectivity index (χ3v) is 4.51. The van der Waals surface area contributed by atoms with Crippen LogP contribution in [-0.4, -0.2) is 21.5 Å². The number of benzene rings is 1. The number of furan rings is 1. The summed E-state index contributed by atoms with van der Waals surface area (Å²) in [6, 6.07) is 8.87. The van der Waals surface area contributed by atoms with Crippen LogP contribution >= 0.6 is 39.3 Å². The van der Waals surface area contributed by atoms with Gasteiger partial charge < -0.3 is 4.42 Å². The molecule has 0 radical (unpaired) electrons. The molecule has 3 rings (SSSR count). The zero-order chi connectivity index (χ0) is 14.8. The van der Waals surface area contributed by atoms with Crippen LogP contribution in [0, 0.1) is 0 Å². The minimum absolute atomic E-state index is 0.248. The van der Waals surface area contributed by atoms with Crippen LogP contribution in [0.4, 0.5) is 0 Å². The van der Waals surface area contributed by atoms with Gasteiger partial charge in [-0.25, -0.2) is 4.98 Å². The molecule has 0 aliphatic carbocycles. The maximum atomic E-state index is 10.7. The Morgan fingerprint density at radius 3 is 2.76 bits per heavy atom.